The van der Waals surface area contributed by atoms with E-state index in [4.69, 9.17) is 8.30 Å². The van der Waals surface area contributed by atoms with Gasteiger partial charge in [0.25, 0.3) is 0 Å². The molecule has 0 aliphatic carbocycles. The summed E-state index contributed by atoms with van der Waals surface area (Å²) in [6.07, 6.45) is 0.987. The summed E-state index contributed by atoms with van der Waals surface area (Å²) in [7, 11) is 1.69. The van der Waals surface area contributed by atoms with Crippen LogP contribution >= 0.6 is 21.0 Å². The topological polar surface area (TPSA) is 33.1 Å². The zero-order chi connectivity index (χ0) is 8.81. The van der Waals surface area contributed by atoms with Crippen LogP contribution in [0.5, 0.6) is 5.75 Å². The monoisotopic (exact) mass is 277 g/mol. The van der Waals surface area contributed by atoms with E-state index in [0.29, 0.717) is 0 Å². The summed E-state index contributed by atoms with van der Waals surface area (Å²) in [5.74, 6) is 0.954. The van der Waals surface area contributed by atoms with Crippen LogP contribution in [0.25, 0.3) is 0 Å². The van der Waals surface area contributed by atoms with Gasteiger partial charge in [-0.1, -0.05) is 18.2 Å². The molecule has 0 spiro atoms. The van der Waals surface area contributed by atoms with E-state index in [1.807, 2.05) is 18.2 Å². The Morgan fingerprint density at radius 1 is 1.42 bits per heavy atom. The summed E-state index contributed by atoms with van der Waals surface area (Å²) in [6.45, 7) is 0. The first-order valence-corrected chi connectivity index (χ1v) is 6.35. The van der Waals surface area contributed by atoms with E-state index >= 15 is 0 Å². The molecule has 0 amide bonds. The second-order valence-corrected chi connectivity index (χ2v) is 4.23. The Hall–Kier alpha value is -0.450. The largest absolute Gasteiger partial charge is 0.496 e. The Morgan fingerprint density at radius 2 is 2.17 bits per heavy atom. The highest BCUT2D eigenvalue weighted by molar-refractivity contribution is 14.1. The van der Waals surface area contributed by atoms with Gasteiger partial charge in [-0.3, -0.25) is 3.56 Å². The lowest BCUT2D eigenvalue weighted by Gasteiger charge is -2.05. The number of benzene rings is 1. The molecular weight excluding hydrogens is 265 g/mol. The molecule has 0 aliphatic rings. The molecule has 1 aromatic rings. The first kappa shape index (κ1) is 9.64. The average Bonchev–Trinajstić information content (AvgIpc) is 2.15. The zero-order valence-electron chi connectivity index (χ0n) is 7.01. The summed E-state index contributed by atoms with van der Waals surface area (Å²) in [5.41, 5.74) is 1.23. The van der Waals surface area contributed by atoms with Gasteiger partial charge in [-0.15, -0.1) is 0 Å². The molecule has 0 saturated carbocycles. The predicted octanol–water partition coefficient (Wildman–Crippen LogP) is 2.97. The first-order valence-electron chi connectivity index (χ1n) is 3.75. The third-order valence-corrected chi connectivity index (χ3v) is 2.73. The smallest absolute Gasteiger partial charge is 0.122 e. The van der Waals surface area contributed by atoms with Gasteiger partial charge in [0.1, 0.15) is 5.75 Å². The quantitative estimate of drug-likeness (QED) is 0.666. The average molecular weight is 277 g/mol. The molecule has 1 rings (SSSR count). The van der Waals surface area contributed by atoms with E-state index in [1.165, 1.54) is 5.56 Å². The minimum Gasteiger partial charge on any atom is -0.496 e. The van der Waals surface area contributed by atoms with Gasteiger partial charge in [0.2, 0.25) is 0 Å². The van der Waals surface area contributed by atoms with Gasteiger partial charge in [0, 0.05) is 4.43 Å². The second-order valence-electron chi connectivity index (χ2n) is 2.38. The number of hydrogen-bond acceptors (Lipinski definition) is 2. The Bertz CT molecular complexity index is 262. The number of ether oxygens (including phenoxy) is 1. The minimum atomic E-state index is -0.342. The van der Waals surface area contributed by atoms with E-state index in [-0.39, 0.29) is 21.0 Å². The number of methoxy groups -OCH3 is 1. The van der Waals surface area contributed by atoms with Gasteiger partial charge in [0.05, 0.1) is 7.11 Å². The summed E-state index contributed by atoms with van der Waals surface area (Å²) in [6, 6.07) is 8.02. The van der Waals surface area contributed by atoms with E-state index in [0.717, 1.165) is 16.6 Å². The highest BCUT2D eigenvalue weighted by Gasteiger charge is 1.98. The van der Waals surface area contributed by atoms with Crippen molar-refractivity contribution < 1.29 is 4.74 Å². The van der Waals surface area contributed by atoms with Crippen molar-refractivity contribution in [1.29, 1.82) is 3.56 Å². The van der Waals surface area contributed by atoms with Crippen LogP contribution in [0.1, 0.15) is 5.56 Å². The molecule has 0 radical (unpaired) electrons. The minimum absolute atomic E-state index is 0.342. The third kappa shape index (κ3) is 2.55. The van der Waals surface area contributed by atoms with Crippen LogP contribution in [-0.2, 0) is 6.42 Å². The molecule has 1 N–H and O–H groups in total. The molecule has 0 aliphatic heterocycles. The van der Waals surface area contributed by atoms with Crippen LogP contribution < -0.4 is 4.74 Å². The Morgan fingerprint density at radius 3 is 2.83 bits per heavy atom. The van der Waals surface area contributed by atoms with Crippen molar-refractivity contribution in [3.8, 4) is 5.75 Å². The zero-order valence-corrected chi connectivity index (χ0v) is 9.17. The van der Waals surface area contributed by atoms with Crippen LogP contribution in [0.3, 0.4) is 0 Å². The van der Waals surface area contributed by atoms with Crippen LogP contribution in [0.2, 0.25) is 0 Å². The van der Waals surface area contributed by atoms with Crippen LogP contribution in [-0.4, -0.2) is 11.5 Å². The molecule has 12 heavy (non-hydrogen) atoms. The van der Waals surface area contributed by atoms with E-state index in [2.05, 4.69) is 6.07 Å². The normalized spacial score (nSPS) is 9.75. The standard InChI is InChI=1S/C9H12INO/c1-12-9-5-3-2-4-8(9)6-7-10-11/h2-5,11H,6-7H2,1H3. The predicted molar refractivity (Wildman–Crippen MR) is 58.3 cm³/mol. The molecule has 3 heteroatoms. The molecule has 0 fully saturated rings. The maximum atomic E-state index is 7.15. The van der Waals surface area contributed by atoms with Gasteiger partial charge in [-0.2, -0.15) is 0 Å². The number of para-hydroxylation sites is 1. The molecule has 1 aromatic carbocycles. The number of rotatable bonds is 4. The fourth-order valence-corrected chi connectivity index (χ4v) is 1.91. The number of alkyl halides is 1. The number of halogens is 1. The fourth-order valence-electron chi connectivity index (χ4n) is 1.06. The number of hydrogen-bond donors (Lipinski definition) is 1. The molecule has 0 aromatic heterocycles. The third-order valence-electron chi connectivity index (χ3n) is 1.65. The highest BCUT2D eigenvalue weighted by Crippen LogP contribution is 2.18. The molecule has 0 heterocycles. The maximum absolute atomic E-state index is 7.15. The van der Waals surface area contributed by atoms with Crippen LogP contribution in [0, 0.1) is 3.56 Å². The van der Waals surface area contributed by atoms with Crippen molar-refractivity contribution in [3.63, 3.8) is 0 Å². The van der Waals surface area contributed by atoms with Crippen molar-refractivity contribution in [2.24, 2.45) is 0 Å². The Balaban J connectivity index is 2.74. The van der Waals surface area contributed by atoms with Gasteiger partial charge < -0.3 is 4.74 Å². The van der Waals surface area contributed by atoms with Gasteiger partial charge in [0.15, 0.2) is 0 Å². The van der Waals surface area contributed by atoms with Crippen molar-refractivity contribution in [2.45, 2.75) is 6.42 Å². The summed E-state index contributed by atoms with van der Waals surface area (Å²) < 4.78 is 13.4. The lowest BCUT2D eigenvalue weighted by atomic mass is 10.1. The van der Waals surface area contributed by atoms with Gasteiger partial charge in [-0.25, -0.2) is 0 Å². The van der Waals surface area contributed by atoms with E-state index in [9.17, 15) is 0 Å². The van der Waals surface area contributed by atoms with Crippen molar-refractivity contribution in [3.05, 3.63) is 29.8 Å². The fraction of sp³-hybridized carbons (Fsp3) is 0.333. The summed E-state index contributed by atoms with van der Waals surface area (Å²) >= 11 is -0.342. The first-order chi connectivity index (χ1) is 5.88. The lowest BCUT2D eigenvalue weighted by molar-refractivity contribution is 0.410. The Labute approximate surface area is 82.9 Å². The van der Waals surface area contributed by atoms with Gasteiger partial charge >= 0.3 is 0 Å². The highest BCUT2D eigenvalue weighted by atomic mass is 127. The molecular formula is C9H12INO. The Kier molecular flexibility index (Phi) is 4.21. The van der Waals surface area contributed by atoms with Crippen LogP contribution in [0.15, 0.2) is 24.3 Å². The molecule has 0 unspecified atom stereocenters. The van der Waals surface area contributed by atoms with Crippen molar-refractivity contribution in [1.82, 2.24) is 0 Å². The van der Waals surface area contributed by atoms with Crippen LogP contribution in [0.4, 0.5) is 0 Å². The van der Waals surface area contributed by atoms with E-state index in [1.54, 1.807) is 7.11 Å². The van der Waals surface area contributed by atoms with Gasteiger partial charge in [-0.05, 0) is 39.1 Å². The maximum Gasteiger partial charge on any atom is 0.122 e. The summed E-state index contributed by atoms with van der Waals surface area (Å²) in [4.78, 5) is 0. The molecule has 0 saturated heterocycles. The summed E-state index contributed by atoms with van der Waals surface area (Å²) in [5, 5.41) is 0. The number of nitrogens with one attached hydrogen (secondary N) is 1. The molecule has 0 atom stereocenters. The van der Waals surface area contributed by atoms with E-state index < -0.39 is 0 Å². The second kappa shape index (κ2) is 5.24. The molecule has 2 nitrogen and oxygen atoms in total. The molecule has 66 valence electrons. The van der Waals surface area contributed by atoms with Crippen molar-refractivity contribution in [2.75, 3.05) is 11.5 Å². The lowest BCUT2D eigenvalue weighted by Crippen LogP contribution is -1.91. The number of aryl methyl sites for hydroxylation is 1. The van der Waals surface area contributed by atoms with Crippen molar-refractivity contribution >= 4 is 21.0 Å². The SMILES string of the molecule is COc1ccccc1CCI=N. The molecule has 0 bridgehead atoms.